The predicted octanol–water partition coefficient (Wildman–Crippen LogP) is 2.07. The van der Waals surface area contributed by atoms with E-state index in [9.17, 15) is 9.59 Å². The van der Waals surface area contributed by atoms with E-state index in [0.717, 1.165) is 0 Å². The zero-order valence-electron chi connectivity index (χ0n) is 12.6. The maximum absolute atomic E-state index is 11.8. The van der Waals surface area contributed by atoms with Crippen molar-refractivity contribution in [2.75, 3.05) is 6.61 Å². The van der Waals surface area contributed by atoms with Crippen molar-refractivity contribution in [2.24, 2.45) is 5.92 Å². The molecule has 0 unspecified atom stereocenters. The van der Waals surface area contributed by atoms with Crippen LogP contribution in [0.3, 0.4) is 0 Å². The van der Waals surface area contributed by atoms with Gasteiger partial charge in [0.15, 0.2) is 11.6 Å². The summed E-state index contributed by atoms with van der Waals surface area (Å²) in [6, 6.07) is 0. The second-order valence-electron chi connectivity index (χ2n) is 6.46. The number of Topliss-reactive ketones (excluding diaryl/α,β-unsaturated/α-hetero) is 1. The molecule has 1 aliphatic rings. The Balaban J connectivity index is 2.59. The van der Waals surface area contributed by atoms with E-state index < -0.39 is 17.5 Å². The van der Waals surface area contributed by atoms with Crippen molar-refractivity contribution in [3.63, 3.8) is 0 Å². The summed E-state index contributed by atoms with van der Waals surface area (Å²) in [6.07, 6.45) is -0.458. The maximum atomic E-state index is 11.8. The van der Waals surface area contributed by atoms with E-state index in [1.54, 1.807) is 13.8 Å². The van der Waals surface area contributed by atoms with Gasteiger partial charge in [0, 0.05) is 5.92 Å². The molecule has 2 atom stereocenters. The summed E-state index contributed by atoms with van der Waals surface area (Å²) in [4.78, 5) is 23.5. The van der Waals surface area contributed by atoms with Crippen LogP contribution in [0.15, 0.2) is 0 Å². The van der Waals surface area contributed by atoms with Crippen LogP contribution in [0.2, 0.25) is 0 Å². The van der Waals surface area contributed by atoms with Crippen LogP contribution in [0.25, 0.3) is 0 Å². The van der Waals surface area contributed by atoms with Gasteiger partial charge < -0.3 is 14.2 Å². The van der Waals surface area contributed by atoms with Gasteiger partial charge >= 0.3 is 5.97 Å². The first kappa shape index (κ1) is 16.1. The van der Waals surface area contributed by atoms with Crippen molar-refractivity contribution in [1.82, 2.24) is 0 Å². The van der Waals surface area contributed by atoms with E-state index in [1.165, 1.54) is 0 Å². The fourth-order valence-electron chi connectivity index (χ4n) is 1.92. The van der Waals surface area contributed by atoms with Gasteiger partial charge in [0.1, 0.15) is 18.3 Å². The van der Waals surface area contributed by atoms with E-state index in [1.807, 2.05) is 27.7 Å². The van der Waals surface area contributed by atoms with Crippen molar-refractivity contribution in [2.45, 2.75) is 65.5 Å². The van der Waals surface area contributed by atoms with Gasteiger partial charge in [0.2, 0.25) is 0 Å². The molecule has 1 aliphatic heterocycles. The Morgan fingerprint density at radius 2 is 2.05 bits per heavy atom. The summed E-state index contributed by atoms with van der Waals surface area (Å²) in [5, 5.41) is 0. The van der Waals surface area contributed by atoms with E-state index in [4.69, 9.17) is 14.2 Å². The summed E-state index contributed by atoms with van der Waals surface area (Å²) in [5.41, 5.74) is -0.517. The molecule has 1 saturated heterocycles. The molecule has 110 valence electrons. The lowest BCUT2D eigenvalue weighted by molar-refractivity contribution is -0.265. The quantitative estimate of drug-likeness (QED) is 0.736. The predicted molar refractivity (Wildman–Crippen MR) is 69.5 cm³/mol. The molecule has 5 heteroatoms. The van der Waals surface area contributed by atoms with Gasteiger partial charge in [-0.2, -0.15) is 0 Å². The fourth-order valence-corrected chi connectivity index (χ4v) is 1.92. The van der Waals surface area contributed by atoms with Crippen molar-refractivity contribution >= 4 is 11.8 Å². The number of carbonyl (C=O) groups is 2. The molecule has 1 fully saturated rings. The first-order valence-corrected chi connectivity index (χ1v) is 6.56. The Bertz CT molecular complexity index is 353. The smallest absolute Gasteiger partial charge is 0.306 e. The monoisotopic (exact) mass is 272 g/mol. The lowest BCUT2D eigenvalue weighted by atomic mass is 9.96. The third kappa shape index (κ3) is 5.28. The third-order valence-electron chi connectivity index (χ3n) is 2.72. The van der Waals surface area contributed by atoms with Crippen LogP contribution in [0.5, 0.6) is 0 Å². The Morgan fingerprint density at radius 1 is 1.47 bits per heavy atom. The molecule has 1 rings (SSSR count). The lowest BCUT2D eigenvalue weighted by Gasteiger charge is -2.37. The minimum atomic E-state index is -0.791. The molecule has 1 heterocycles. The van der Waals surface area contributed by atoms with Crippen molar-refractivity contribution < 1.29 is 23.8 Å². The standard InChI is InChI=1S/C14H24O5/c1-9(7-11(16)18-13(2,3)4)12-10(15)8-17-14(5,6)19-12/h9,12H,7-8H2,1-6H3/t9-,12+/m1/s1. The number of hydrogen-bond acceptors (Lipinski definition) is 5. The number of hydrogen-bond donors (Lipinski definition) is 0. The second-order valence-corrected chi connectivity index (χ2v) is 6.46. The van der Waals surface area contributed by atoms with Crippen LogP contribution in [0.1, 0.15) is 48.0 Å². The molecule has 0 aliphatic carbocycles. The van der Waals surface area contributed by atoms with Gasteiger partial charge in [0.05, 0.1) is 6.42 Å². The average Bonchev–Trinajstić information content (AvgIpc) is 2.18. The highest BCUT2D eigenvalue weighted by Crippen LogP contribution is 2.26. The molecule has 0 N–H and O–H groups in total. The van der Waals surface area contributed by atoms with Crippen molar-refractivity contribution in [1.29, 1.82) is 0 Å². The number of carbonyl (C=O) groups excluding carboxylic acids is 2. The summed E-state index contributed by atoms with van der Waals surface area (Å²) in [5.74, 6) is -1.47. The highest BCUT2D eigenvalue weighted by molar-refractivity contribution is 5.85. The Morgan fingerprint density at radius 3 is 2.58 bits per heavy atom. The highest BCUT2D eigenvalue weighted by atomic mass is 16.7. The zero-order chi connectivity index (χ0) is 14.8. The van der Waals surface area contributed by atoms with Crippen LogP contribution in [-0.2, 0) is 23.8 Å². The lowest BCUT2D eigenvalue weighted by Crippen LogP contribution is -2.49. The van der Waals surface area contributed by atoms with Gasteiger partial charge in [-0.15, -0.1) is 0 Å². The van der Waals surface area contributed by atoms with Gasteiger partial charge in [-0.3, -0.25) is 9.59 Å². The number of esters is 1. The van der Waals surface area contributed by atoms with Gasteiger partial charge in [-0.05, 0) is 34.6 Å². The Labute approximate surface area is 114 Å². The SMILES string of the molecule is C[C@H](CC(=O)OC(C)(C)C)[C@@H]1OC(C)(C)OCC1=O. The average molecular weight is 272 g/mol. The minimum Gasteiger partial charge on any atom is -0.460 e. The largest absolute Gasteiger partial charge is 0.460 e. The molecule has 0 spiro atoms. The van der Waals surface area contributed by atoms with Gasteiger partial charge in [0.25, 0.3) is 0 Å². The maximum Gasteiger partial charge on any atom is 0.306 e. The molecule has 5 nitrogen and oxygen atoms in total. The molecule has 0 aromatic carbocycles. The summed E-state index contributed by atoms with van der Waals surface area (Å²) in [7, 11) is 0. The van der Waals surface area contributed by atoms with E-state index in [0.29, 0.717) is 0 Å². The van der Waals surface area contributed by atoms with E-state index in [-0.39, 0.29) is 30.7 Å². The Hall–Kier alpha value is -0.940. The second kappa shape index (κ2) is 5.59. The van der Waals surface area contributed by atoms with E-state index >= 15 is 0 Å². The molecule has 0 radical (unpaired) electrons. The van der Waals surface area contributed by atoms with Crippen molar-refractivity contribution in [3.8, 4) is 0 Å². The van der Waals surface area contributed by atoms with Crippen molar-refractivity contribution in [3.05, 3.63) is 0 Å². The molecule has 0 aromatic heterocycles. The first-order chi connectivity index (χ1) is 8.50. The van der Waals surface area contributed by atoms with Crippen LogP contribution >= 0.6 is 0 Å². The molecular weight excluding hydrogens is 248 g/mol. The van der Waals surface area contributed by atoms with Gasteiger partial charge in [-0.25, -0.2) is 0 Å². The normalized spacial score (nSPS) is 24.9. The zero-order valence-corrected chi connectivity index (χ0v) is 12.6. The molecule has 0 bridgehead atoms. The fraction of sp³-hybridized carbons (Fsp3) is 0.857. The summed E-state index contributed by atoms with van der Waals surface area (Å²) >= 11 is 0. The summed E-state index contributed by atoms with van der Waals surface area (Å²) < 4.78 is 16.1. The first-order valence-electron chi connectivity index (χ1n) is 6.56. The summed E-state index contributed by atoms with van der Waals surface area (Å²) in [6.45, 7) is 10.8. The Kier molecular flexibility index (Phi) is 4.74. The molecule has 0 amide bonds. The van der Waals surface area contributed by atoms with Crippen LogP contribution in [0.4, 0.5) is 0 Å². The van der Waals surface area contributed by atoms with E-state index in [2.05, 4.69) is 0 Å². The minimum absolute atomic E-state index is 0.0241. The van der Waals surface area contributed by atoms with Gasteiger partial charge in [-0.1, -0.05) is 6.92 Å². The number of rotatable bonds is 3. The highest BCUT2D eigenvalue weighted by Gasteiger charge is 2.39. The molecule has 19 heavy (non-hydrogen) atoms. The molecular formula is C14H24O5. The van der Waals surface area contributed by atoms with Crippen LogP contribution in [-0.4, -0.2) is 35.9 Å². The number of ketones is 1. The topological polar surface area (TPSA) is 61.8 Å². The number of ether oxygens (including phenoxy) is 3. The molecule has 0 aromatic rings. The van der Waals surface area contributed by atoms with Crippen LogP contribution in [0, 0.1) is 5.92 Å². The van der Waals surface area contributed by atoms with Crippen LogP contribution < -0.4 is 0 Å². The molecule has 0 saturated carbocycles. The third-order valence-corrected chi connectivity index (χ3v) is 2.72.